The van der Waals surface area contributed by atoms with Gasteiger partial charge in [0.05, 0.1) is 48.1 Å². The van der Waals surface area contributed by atoms with Crippen LogP contribution < -0.4 is 29.5 Å². The maximum Gasteiger partial charge on any atom is 0.338 e. The van der Waals surface area contributed by atoms with Crippen molar-refractivity contribution in [3.63, 3.8) is 0 Å². The highest BCUT2D eigenvalue weighted by Gasteiger charge is 2.34. The molecule has 1 atom stereocenters. The molecule has 0 spiro atoms. The zero-order valence-corrected chi connectivity index (χ0v) is 24.2. The minimum atomic E-state index is -1.32. The number of hydrogen-bond donors (Lipinski definition) is 0. The van der Waals surface area contributed by atoms with E-state index in [9.17, 15) is 19.5 Å². The molecule has 0 bridgehead atoms. The van der Waals surface area contributed by atoms with Crippen molar-refractivity contribution in [1.82, 2.24) is 4.57 Å². The fourth-order valence-corrected chi connectivity index (χ4v) is 5.85. The van der Waals surface area contributed by atoms with Crippen LogP contribution in [0.3, 0.4) is 0 Å². The maximum atomic E-state index is 13.9. The molecule has 0 aliphatic carbocycles. The molecule has 0 fully saturated rings. The predicted octanol–water partition coefficient (Wildman–Crippen LogP) is 2.83. The number of carbonyl (C=O) groups excluding carboxylic acids is 2. The van der Waals surface area contributed by atoms with E-state index in [1.54, 1.807) is 68.5 Å². The Balaban J connectivity index is 1.66. The van der Waals surface area contributed by atoms with Gasteiger partial charge in [-0.1, -0.05) is 41.7 Å². The van der Waals surface area contributed by atoms with Crippen molar-refractivity contribution in [3.05, 3.63) is 102 Å². The summed E-state index contributed by atoms with van der Waals surface area (Å²) in [5.41, 5.74) is 1.24. The van der Waals surface area contributed by atoms with Crippen molar-refractivity contribution < 1.29 is 33.3 Å². The number of furan rings is 1. The number of benzene rings is 2. The Morgan fingerprint density at radius 1 is 1.10 bits per heavy atom. The number of aromatic nitrogens is 1. The van der Waals surface area contributed by atoms with Crippen molar-refractivity contribution in [2.75, 3.05) is 20.3 Å². The van der Waals surface area contributed by atoms with Gasteiger partial charge in [0, 0.05) is 17.2 Å². The van der Waals surface area contributed by atoms with Gasteiger partial charge in [0.15, 0.2) is 16.3 Å². The summed E-state index contributed by atoms with van der Waals surface area (Å²) in [6.07, 6.45) is 1.56. The van der Waals surface area contributed by atoms with Crippen LogP contribution in [0.5, 0.6) is 11.5 Å². The van der Waals surface area contributed by atoms with Crippen LogP contribution in [0.1, 0.15) is 48.5 Å². The van der Waals surface area contributed by atoms with Crippen LogP contribution in [0.25, 0.3) is 17.4 Å². The second kappa shape index (κ2) is 11.9. The second-order valence-corrected chi connectivity index (χ2v) is 10.2. The monoisotopic (exact) mass is 587 g/mol. The summed E-state index contributed by atoms with van der Waals surface area (Å²) in [6, 6.07) is 14.0. The molecule has 2 aromatic carbocycles. The Hall–Kier alpha value is -4.90. The molecule has 42 heavy (non-hydrogen) atoms. The smallest absolute Gasteiger partial charge is 0.338 e. The molecule has 10 nitrogen and oxygen atoms in total. The summed E-state index contributed by atoms with van der Waals surface area (Å²) < 4.78 is 24.2. The van der Waals surface area contributed by atoms with Gasteiger partial charge >= 0.3 is 5.97 Å². The Morgan fingerprint density at radius 3 is 2.60 bits per heavy atom. The largest absolute Gasteiger partial charge is 0.545 e. The van der Waals surface area contributed by atoms with E-state index in [0.717, 1.165) is 11.3 Å². The zero-order valence-electron chi connectivity index (χ0n) is 23.3. The third kappa shape index (κ3) is 5.26. The van der Waals surface area contributed by atoms with Crippen LogP contribution in [-0.4, -0.2) is 36.8 Å². The number of ether oxygens (including phenoxy) is 3. The first-order valence-corrected chi connectivity index (χ1v) is 14.0. The number of carbonyl (C=O) groups is 2. The summed E-state index contributed by atoms with van der Waals surface area (Å²) in [7, 11) is 1.53. The van der Waals surface area contributed by atoms with E-state index in [1.165, 1.54) is 17.7 Å². The lowest BCUT2D eigenvalue weighted by atomic mass is 9.95. The van der Waals surface area contributed by atoms with E-state index >= 15 is 0 Å². The van der Waals surface area contributed by atoms with E-state index in [-0.39, 0.29) is 23.3 Å². The van der Waals surface area contributed by atoms with Crippen LogP contribution in [-0.2, 0) is 9.53 Å². The van der Waals surface area contributed by atoms with Gasteiger partial charge in [0.2, 0.25) is 0 Å². The zero-order chi connectivity index (χ0) is 30.0. The predicted molar refractivity (Wildman–Crippen MR) is 153 cm³/mol. The fourth-order valence-electron chi connectivity index (χ4n) is 4.82. The van der Waals surface area contributed by atoms with Crippen LogP contribution in [0.4, 0.5) is 0 Å². The van der Waals surface area contributed by atoms with Crippen molar-refractivity contribution in [2.45, 2.75) is 26.8 Å². The standard InChI is InChI=1S/C31H28N2O8S/c1-5-39-24-15-18(11-13-23(24)38-4)27-26(30(37)40-6-2)17(3)32-31-33(27)28(34)25(42-31)16-19-12-14-22(41-19)20-9-7-8-10-21(20)29(35)36/h7-16,27H,5-6H2,1-4H3,(H,35,36)/p-1/b25-16-/t27-/m0/s1. The van der Waals surface area contributed by atoms with Gasteiger partial charge in [-0.25, -0.2) is 9.79 Å². The Labute approximate surface area is 244 Å². The molecule has 0 unspecified atom stereocenters. The van der Waals surface area contributed by atoms with Crippen molar-refractivity contribution in [3.8, 4) is 22.8 Å². The highest BCUT2D eigenvalue weighted by Crippen LogP contribution is 2.36. The molecule has 5 rings (SSSR count). The average Bonchev–Trinajstić information content (AvgIpc) is 3.56. The summed E-state index contributed by atoms with van der Waals surface area (Å²) in [5.74, 6) is -0.263. The van der Waals surface area contributed by atoms with Crippen LogP contribution in [0.15, 0.2) is 80.1 Å². The minimum Gasteiger partial charge on any atom is -0.545 e. The van der Waals surface area contributed by atoms with Gasteiger partial charge in [-0.2, -0.15) is 0 Å². The number of carboxylic acid groups (broad SMARTS) is 1. The van der Waals surface area contributed by atoms with E-state index < -0.39 is 18.0 Å². The lowest BCUT2D eigenvalue weighted by Gasteiger charge is -2.25. The summed E-state index contributed by atoms with van der Waals surface area (Å²) >= 11 is 1.14. The average molecular weight is 588 g/mol. The molecular weight excluding hydrogens is 560 g/mol. The maximum absolute atomic E-state index is 13.9. The van der Waals surface area contributed by atoms with Crippen LogP contribution in [0, 0.1) is 0 Å². The number of fused-ring (bicyclic) bond motifs is 1. The summed E-state index contributed by atoms with van der Waals surface area (Å²) in [6.45, 7) is 5.81. The fraction of sp³-hybridized carbons (Fsp3) is 0.226. The van der Waals surface area contributed by atoms with Crippen molar-refractivity contribution in [1.29, 1.82) is 0 Å². The van der Waals surface area contributed by atoms with Crippen molar-refractivity contribution in [2.24, 2.45) is 4.99 Å². The van der Waals surface area contributed by atoms with E-state index in [2.05, 4.69) is 4.99 Å². The van der Waals surface area contributed by atoms with E-state index in [4.69, 9.17) is 18.6 Å². The van der Waals surface area contributed by atoms with Gasteiger partial charge in [-0.3, -0.25) is 9.36 Å². The SMILES string of the molecule is CCOC(=O)C1=C(C)N=c2s/c(=C\c3ccc(-c4ccccc4C(=O)[O-])o3)c(=O)n2[C@H]1c1ccc(OC)c(OCC)c1. The van der Waals surface area contributed by atoms with Gasteiger partial charge in [0.25, 0.3) is 5.56 Å². The molecule has 1 aliphatic rings. The number of rotatable bonds is 9. The first kappa shape index (κ1) is 28.6. The minimum absolute atomic E-state index is 0.00865. The summed E-state index contributed by atoms with van der Waals surface area (Å²) in [4.78, 5) is 43.6. The number of methoxy groups -OCH3 is 1. The van der Waals surface area contributed by atoms with E-state index in [0.29, 0.717) is 55.8 Å². The van der Waals surface area contributed by atoms with E-state index in [1.807, 2.05) is 6.92 Å². The lowest BCUT2D eigenvalue weighted by Crippen LogP contribution is -2.39. The van der Waals surface area contributed by atoms with Crippen molar-refractivity contribution >= 4 is 29.4 Å². The molecule has 11 heteroatoms. The molecule has 0 N–H and O–H groups in total. The van der Waals surface area contributed by atoms with Crippen LogP contribution in [0.2, 0.25) is 0 Å². The number of thiazole rings is 1. The number of nitrogens with zero attached hydrogens (tertiary/aromatic N) is 2. The third-order valence-electron chi connectivity index (χ3n) is 6.63. The first-order chi connectivity index (χ1) is 20.3. The molecule has 2 aromatic heterocycles. The topological polar surface area (TPSA) is 132 Å². The number of esters is 1. The molecule has 0 radical (unpaired) electrons. The highest BCUT2D eigenvalue weighted by molar-refractivity contribution is 7.07. The molecule has 216 valence electrons. The Kier molecular flexibility index (Phi) is 8.12. The molecule has 0 saturated heterocycles. The van der Waals surface area contributed by atoms with Gasteiger partial charge in [-0.15, -0.1) is 0 Å². The quantitative estimate of drug-likeness (QED) is 0.273. The lowest BCUT2D eigenvalue weighted by molar-refractivity contribution is -0.255. The van der Waals surface area contributed by atoms with Gasteiger partial charge in [-0.05, 0) is 50.6 Å². The highest BCUT2D eigenvalue weighted by atomic mass is 32.1. The Bertz CT molecular complexity index is 1900. The number of carboxylic acids is 1. The van der Waals surface area contributed by atoms with Gasteiger partial charge in [0.1, 0.15) is 11.5 Å². The molecule has 1 aliphatic heterocycles. The first-order valence-electron chi connectivity index (χ1n) is 13.2. The number of aromatic carboxylic acids is 1. The normalized spacial score (nSPS) is 14.8. The summed E-state index contributed by atoms with van der Waals surface area (Å²) in [5, 5.41) is 11.6. The number of hydrogen-bond acceptors (Lipinski definition) is 10. The molecule has 0 amide bonds. The molecule has 4 aromatic rings. The molecule has 0 saturated carbocycles. The van der Waals surface area contributed by atoms with Gasteiger partial charge < -0.3 is 28.5 Å². The molecule has 3 heterocycles. The third-order valence-corrected chi connectivity index (χ3v) is 7.62. The number of allylic oxidation sites excluding steroid dienone is 1. The van der Waals surface area contributed by atoms with Crippen LogP contribution >= 0.6 is 11.3 Å². The second-order valence-electron chi connectivity index (χ2n) is 9.18. The Morgan fingerprint density at radius 2 is 1.88 bits per heavy atom. The molecular formula is C31H27N2O8S-.